The van der Waals surface area contributed by atoms with Crippen molar-refractivity contribution in [3.05, 3.63) is 59.9 Å². The van der Waals surface area contributed by atoms with Crippen molar-refractivity contribution in [2.45, 2.75) is 32.2 Å². The maximum atomic E-state index is 12.7. The number of hydrogen-bond donors (Lipinski definition) is 1. The Balaban J connectivity index is 1.57. The van der Waals surface area contributed by atoms with Gasteiger partial charge >= 0.3 is 0 Å². The maximum absolute atomic E-state index is 12.7. The van der Waals surface area contributed by atoms with Gasteiger partial charge in [-0.1, -0.05) is 24.6 Å². The average molecular weight is 375 g/mol. The zero-order chi connectivity index (χ0) is 19.5. The third kappa shape index (κ3) is 3.76. The Hall–Kier alpha value is -3.15. The van der Waals surface area contributed by atoms with Gasteiger partial charge in [-0.25, -0.2) is 0 Å². The number of hydrogen-bond acceptors (Lipinski definition) is 4. The van der Waals surface area contributed by atoms with Crippen LogP contribution < -0.4 is 10.2 Å². The van der Waals surface area contributed by atoms with Crippen LogP contribution >= 0.6 is 0 Å². The molecule has 1 aromatic heterocycles. The fourth-order valence-corrected chi connectivity index (χ4v) is 3.56. The molecule has 1 aliphatic rings. The molecule has 6 heteroatoms. The Morgan fingerprint density at radius 2 is 1.89 bits per heavy atom. The Kier molecular flexibility index (Phi) is 5.10. The van der Waals surface area contributed by atoms with Crippen LogP contribution in [0.15, 0.2) is 48.5 Å². The molecule has 2 aromatic carbocycles. The van der Waals surface area contributed by atoms with Gasteiger partial charge in [0.15, 0.2) is 5.82 Å². The molecule has 0 bridgehead atoms. The zero-order valence-corrected chi connectivity index (χ0v) is 16.4. The summed E-state index contributed by atoms with van der Waals surface area (Å²) in [5.41, 5.74) is 3.35. The van der Waals surface area contributed by atoms with E-state index in [9.17, 15) is 4.79 Å². The minimum atomic E-state index is -0.124. The first-order chi connectivity index (χ1) is 13.6. The van der Waals surface area contributed by atoms with E-state index in [0.717, 1.165) is 48.0 Å². The van der Waals surface area contributed by atoms with Gasteiger partial charge < -0.3 is 14.8 Å². The SMILES string of the molecule is CN(C)c1cccc(C(=O)Nc2cccc(-c3nnc4n3CCCCC4)c2)c1. The van der Waals surface area contributed by atoms with E-state index in [-0.39, 0.29) is 5.91 Å². The number of rotatable bonds is 4. The molecule has 28 heavy (non-hydrogen) atoms. The molecule has 0 saturated heterocycles. The van der Waals surface area contributed by atoms with E-state index >= 15 is 0 Å². The van der Waals surface area contributed by atoms with E-state index < -0.39 is 0 Å². The van der Waals surface area contributed by atoms with Crippen LogP contribution in [-0.2, 0) is 13.0 Å². The molecule has 0 aliphatic carbocycles. The first kappa shape index (κ1) is 18.2. The van der Waals surface area contributed by atoms with E-state index in [1.807, 2.05) is 67.5 Å². The van der Waals surface area contributed by atoms with E-state index in [0.29, 0.717) is 5.56 Å². The predicted octanol–water partition coefficient (Wildman–Crippen LogP) is 3.99. The second kappa shape index (κ2) is 7.84. The van der Waals surface area contributed by atoms with Crippen molar-refractivity contribution in [3.63, 3.8) is 0 Å². The molecule has 1 aliphatic heterocycles. The molecule has 3 aromatic rings. The van der Waals surface area contributed by atoms with E-state index in [4.69, 9.17) is 0 Å². The van der Waals surface area contributed by atoms with Gasteiger partial charge in [0.1, 0.15) is 5.82 Å². The summed E-state index contributed by atoms with van der Waals surface area (Å²) in [6.07, 6.45) is 4.52. The molecular weight excluding hydrogens is 350 g/mol. The van der Waals surface area contributed by atoms with Crippen molar-refractivity contribution in [3.8, 4) is 11.4 Å². The number of nitrogens with zero attached hydrogens (tertiary/aromatic N) is 4. The van der Waals surface area contributed by atoms with Gasteiger partial charge in [-0.15, -0.1) is 10.2 Å². The maximum Gasteiger partial charge on any atom is 0.255 e. The van der Waals surface area contributed by atoms with Gasteiger partial charge in [-0.05, 0) is 43.2 Å². The van der Waals surface area contributed by atoms with Crippen LogP contribution in [0.4, 0.5) is 11.4 Å². The molecule has 0 spiro atoms. The topological polar surface area (TPSA) is 63.1 Å². The van der Waals surface area contributed by atoms with Gasteiger partial charge in [0, 0.05) is 49.6 Å². The summed E-state index contributed by atoms with van der Waals surface area (Å²) in [6.45, 7) is 0.950. The minimum absolute atomic E-state index is 0.124. The van der Waals surface area contributed by atoms with Gasteiger partial charge in [0.25, 0.3) is 5.91 Å². The number of amides is 1. The highest BCUT2D eigenvalue weighted by atomic mass is 16.1. The van der Waals surface area contributed by atoms with Crippen molar-refractivity contribution >= 4 is 17.3 Å². The molecule has 1 amide bonds. The lowest BCUT2D eigenvalue weighted by molar-refractivity contribution is 0.102. The molecule has 2 heterocycles. The first-order valence-corrected chi connectivity index (χ1v) is 9.73. The quantitative estimate of drug-likeness (QED) is 0.749. The van der Waals surface area contributed by atoms with Gasteiger partial charge in [-0.3, -0.25) is 4.79 Å². The summed E-state index contributed by atoms with van der Waals surface area (Å²) in [7, 11) is 3.92. The van der Waals surface area contributed by atoms with E-state index in [1.165, 1.54) is 12.8 Å². The highest BCUT2D eigenvalue weighted by Crippen LogP contribution is 2.25. The van der Waals surface area contributed by atoms with Gasteiger partial charge in [0.05, 0.1) is 0 Å². The molecule has 0 radical (unpaired) electrons. The number of carbonyl (C=O) groups excluding carboxylic acids is 1. The minimum Gasteiger partial charge on any atom is -0.378 e. The van der Waals surface area contributed by atoms with Crippen LogP contribution in [0.25, 0.3) is 11.4 Å². The van der Waals surface area contributed by atoms with Crippen LogP contribution in [0.5, 0.6) is 0 Å². The number of fused-ring (bicyclic) bond motifs is 1. The van der Waals surface area contributed by atoms with Crippen LogP contribution in [0, 0.1) is 0 Å². The van der Waals surface area contributed by atoms with Crippen LogP contribution in [-0.4, -0.2) is 34.8 Å². The summed E-state index contributed by atoms with van der Waals surface area (Å²) >= 11 is 0. The average Bonchev–Trinajstić information content (AvgIpc) is 2.96. The summed E-state index contributed by atoms with van der Waals surface area (Å²) < 4.78 is 2.22. The Labute approximate surface area is 165 Å². The molecule has 0 atom stereocenters. The molecule has 1 N–H and O–H groups in total. The molecule has 0 saturated carbocycles. The van der Waals surface area contributed by atoms with Gasteiger partial charge in [0.2, 0.25) is 0 Å². The lowest BCUT2D eigenvalue weighted by Gasteiger charge is -2.14. The Bertz CT molecular complexity index is 992. The molecule has 0 unspecified atom stereocenters. The monoisotopic (exact) mass is 375 g/mol. The lowest BCUT2D eigenvalue weighted by atomic mass is 10.1. The van der Waals surface area contributed by atoms with Crippen molar-refractivity contribution in [2.24, 2.45) is 0 Å². The highest BCUT2D eigenvalue weighted by molar-refractivity contribution is 6.05. The zero-order valence-electron chi connectivity index (χ0n) is 16.4. The predicted molar refractivity (Wildman–Crippen MR) is 112 cm³/mol. The highest BCUT2D eigenvalue weighted by Gasteiger charge is 2.16. The number of nitrogens with one attached hydrogen (secondary N) is 1. The third-order valence-electron chi connectivity index (χ3n) is 5.11. The Morgan fingerprint density at radius 3 is 2.75 bits per heavy atom. The lowest BCUT2D eigenvalue weighted by Crippen LogP contribution is -2.14. The normalized spacial score (nSPS) is 13.5. The van der Waals surface area contributed by atoms with E-state index in [1.54, 1.807) is 0 Å². The second-order valence-electron chi connectivity index (χ2n) is 7.38. The summed E-state index contributed by atoms with van der Waals surface area (Å²) in [5, 5.41) is 11.8. The van der Waals surface area contributed by atoms with Crippen molar-refractivity contribution in [1.82, 2.24) is 14.8 Å². The molecule has 144 valence electrons. The molecule has 4 rings (SSSR count). The Morgan fingerprint density at radius 1 is 1.04 bits per heavy atom. The molecule has 6 nitrogen and oxygen atoms in total. The van der Waals surface area contributed by atoms with Crippen molar-refractivity contribution < 1.29 is 4.79 Å². The number of anilines is 2. The second-order valence-corrected chi connectivity index (χ2v) is 7.38. The standard InChI is InChI=1S/C22H25N5O/c1-26(2)19-11-7-9-17(15-19)22(28)23-18-10-6-8-16(14-18)21-25-24-20-12-4-3-5-13-27(20)21/h6-11,14-15H,3-5,12-13H2,1-2H3,(H,23,28). The summed E-state index contributed by atoms with van der Waals surface area (Å²) in [4.78, 5) is 14.7. The number of carbonyl (C=O) groups is 1. The molecular formula is C22H25N5O. The summed E-state index contributed by atoms with van der Waals surface area (Å²) in [6, 6.07) is 15.4. The fourth-order valence-electron chi connectivity index (χ4n) is 3.56. The largest absolute Gasteiger partial charge is 0.378 e. The number of aryl methyl sites for hydroxylation is 1. The van der Waals surface area contributed by atoms with Crippen LogP contribution in [0.1, 0.15) is 35.4 Å². The first-order valence-electron chi connectivity index (χ1n) is 9.73. The van der Waals surface area contributed by atoms with Crippen LogP contribution in [0.3, 0.4) is 0 Å². The van der Waals surface area contributed by atoms with Crippen LogP contribution in [0.2, 0.25) is 0 Å². The summed E-state index contributed by atoms with van der Waals surface area (Å²) in [5.74, 6) is 1.81. The van der Waals surface area contributed by atoms with Crippen molar-refractivity contribution in [1.29, 1.82) is 0 Å². The molecule has 0 fully saturated rings. The smallest absolute Gasteiger partial charge is 0.255 e. The van der Waals surface area contributed by atoms with E-state index in [2.05, 4.69) is 20.1 Å². The third-order valence-corrected chi connectivity index (χ3v) is 5.11. The van der Waals surface area contributed by atoms with Gasteiger partial charge in [-0.2, -0.15) is 0 Å². The number of benzene rings is 2. The number of aromatic nitrogens is 3. The van der Waals surface area contributed by atoms with Crippen molar-refractivity contribution in [2.75, 3.05) is 24.3 Å². The fraction of sp³-hybridized carbons (Fsp3) is 0.318.